The number of nitrogens with zero attached hydrogens (tertiary/aromatic N) is 1. The van der Waals surface area contributed by atoms with Gasteiger partial charge in [0.05, 0.1) is 28.4 Å². The van der Waals surface area contributed by atoms with E-state index >= 15 is 0 Å². The summed E-state index contributed by atoms with van der Waals surface area (Å²) in [5.74, 6) is -0.0575. The Morgan fingerprint density at radius 3 is 2.14 bits per heavy atom. The molecule has 2 rings (SSSR count). The van der Waals surface area contributed by atoms with Gasteiger partial charge in [0.15, 0.2) is 11.5 Å². The van der Waals surface area contributed by atoms with E-state index in [0.29, 0.717) is 23.7 Å². The van der Waals surface area contributed by atoms with Crippen molar-refractivity contribution in [1.82, 2.24) is 10.2 Å². The van der Waals surface area contributed by atoms with Crippen molar-refractivity contribution in [2.75, 3.05) is 35.0 Å². The van der Waals surface area contributed by atoms with Gasteiger partial charge in [-0.15, -0.1) is 0 Å². The topological polar surface area (TPSA) is 103 Å². The van der Waals surface area contributed by atoms with Crippen molar-refractivity contribution in [3.63, 3.8) is 0 Å². The molecule has 9 heteroatoms. The van der Waals surface area contributed by atoms with Gasteiger partial charge in [0, 0.05) is 31.0 Å². The van der Waals surface area contributed by atoms with Crippen LogP contribution in [0.1, 0.15) is 30.1 Å². The number of esters is 1. The number of hydrogen-bond acceptors (Lipinski definition) is 7. The van der Waals surface area contributed by atoms with Crippen molar-refractivity contribution in [3.8, 4) is 17.2 Å². The summed E-state index contributed by atoms with van der Waals surface area (Å²) in [4.78, 5) is 38.5. The second-order valence-corrected chi connectivity index (χ2v) is 6.26. The fourth-order valence-electron chi connectivity index (χ4n) is 3.22. The molecule has 1 aromatic carbocycles. The minimum Gasteiger partial charge on any atom is -0.493 e. The first-order valence-corrected chi connectivity index (χ1v) is 8.88. The zero-order valence-electron chi connectivity index (χ0n) is 16.7. The minimum atomic E-state index is -0.793. The summed E-state index contributed by atoms with van der Waals surface area (Å²) in [6, 6.07) is 1.92. The van der Waals surface area contributed by atoms with Gasteiger partial charge in [-0.1, -0.05) is 6.92 Å². The SMILES string of the molecule is CCC(=O)NC1CC(C(=O)OC)N(C(=O)c2cc(OC)c(OC)c(OC)c2)C1. The van der Waals surface area contributed by atoms with Gasteiger partial charge >= 0.3 is 5.97 Å². The third-order valence-electron chi connectivity index (χ3n) is 4.63. The van der Waals surface area contributed by atoms with Crippen LogP contribution in [-0.4, -0.2) is 69.8 Å². The van der Waals surface area contributed by atoms with Crippen LogP contribution in [0, 0.1) is 0 Å². The van der Waals surface area contributed by atoms with Gasteiger partial charge in [0.25, 0.3) is 5.91 Å². The third-order valence-corrected chi connectivity index (χ3v) is 4.63. The minimum absolute atomic E-state index is 0.143. The molecule has 0 aromatic heterocycles. The first kappa shape index (κ1) is 21.3. The molecule has 1 saturated heterocycles. The zero-order chi connectivity index (χ0) is 20.8. The van der Waals surface area contributed by atoms with Crippen LogP contribution in [0.5, 0.6) is 17.2 Å². The highest BCUT2D eigenvalue weighted by atomic mass is 16.5. The molecule has 1 N–H and O–H groups in total. The average Bonchev–Trinajstić information content (AvgIpc) is 3.14. The number of amides is 2. The Kier molecular flexibility index (Phi) is 7.08. The summed E-state index contributed by atoms with van der Waals surface area (Å²) >= 11 is 0. The second-order valence-electron chi connectivity index (χ2n) is 6.26. The predicted octanol–water partition coefficient (Wildman–Crippen LogP) is 0.995. The standard InChI is InChI=1S/C19H26N2O7/c1-6-16(22)20-12-9-13(19(24)28-5)21(10-12)18(23)11-7-14(25-2)17(27-4)15(8-11)26-3/h7-8,12-13H,6,9-10H2,1-5H3,(H,20,22). The summed E-state index contributed by atoms with van der Waals surface area (Å²) in [5.41, 5.74) is 0.269. The molecular formula is C19H26N2O7. The number of benzene rings is 1. The van der Waals surface area contributed by atoms with E-state index in [-0.39, 0.29) is 30.5 Å². The first-order chi connectivity index (χ1) is 13.4. The summed E-state index contributed by atoms with van der Waals surface area (Å²) in [6.45, 7) is 1.93. The number of hydrogen-bond donors (Lipinski definition) is 1. The van der Waals surface area contributed by atoms with E-state index in [4.69, 9.17) is 18.9 Å². The fourth-order valence-corrected chi connectivity index (χ4v) is 3.22. The Morgan fingerprint density at radius 2 is 1.68 bits per heavy atom. The van der Waals surface area contributed by atoms with Gasteiger partial charge < -0.3 is 29.2 Å². The van der Waals surface area contributed by atoms with Crippen LogP contribution in [0.2, 0.25) is 0 Å². The quantitative estimate of drug-likeness (QED) is 0.688. The third kappa shape index (κ3) is 4.29. The van der Waals surface area contributed by atoms with Crippen LogP contribution in [0.3, 0.4) is 0 Å². The van der Waals surface area contributed by atoms with Gasteiger partial charge in [-0.3, -0.25) is 9.59 Å². The lowest BCUT2D eigenvalue weighted by Gasteiger charge is -2.23. The van der Waals surface area contributed by atoms with Crippen molar-refractivity contribution < 1.29 is 33.3 Å². The van der Waals surface area contributed by atoms with Gasteiger partial charge in [0.1, 0.15) is 6.04 Å². The maximum absolute atomic E-state index is 13.2. The Morgan fingerprint density at radius 1 is 1.07 bits per heavy atom. The molecule has 1 aliphatic rings. The van der Waals surface area contributed by atoms with Crippen LogP contribution in [0.4, 0.5) is 0 Å². The molecule has 28 heavy (non-hydrogen) atoms. The molecule has 0 aliphatic carbocycles. The molecular weight excluding hydrogens is 368 g/mol. The molecule has 1 heterocycles. The summed E-state index contributed by atoms with van der Waals surface area (Å²) in [7, 11) is 5.64. The predicted molar refractivity (Wildman–Crippen MR) is 99.8 cm³/mol. The molecule has 0 radical (unpaired) electrons. The maximum Gasteiger partial charge on any atom is 0.328 e. The first-order valence-electron chi connectivity index (χ1n) is 8.88. The van der Waals surface area contributed by atoms with Crippen LogP contribution in [-0.2, 0) is 14.3 Å². The van der Waals surface area contributed by atoms with Crippen molar-refractivity contribution in [2.45, 2.75) is 31.8 Å². The van der Waals surface area contributed by atoms with Crippen molar-refractivity contribution >= 4 is 17.8 Å². The van der Waals surface area contributed by atoms with Crippen molar-refractivity contribution in [2.24, 2.45) is 0 Å². The smallest absolute Gasteiger partial charge is 0.328 e. The van der Waals surface area contributed by atoms with E-state index in [2.05, 4.69) is 5.32 Å². The van der Waals surface area contributed by atoms with Crippen molar-refractivity contribution in [1.29, 1.82) is 0 Å². The molecule has 9 nitrogen and oxygen atoms in total. The van der Waals surface area contributed by atoms with E-state index in [1.165, 1.54) is 45.5 Å². The Bertz CT molecular complexity index is 725. The van der Waals surface area contributed by atoms with Gasteiger partial charge in [0.2, 0.25) is 11.7 Å². The van der Waals surface area contributed by atoms with Gasteiger partial charge in [-0.05, 0) is 12.1 Å². The molecule has 1 aliphatic heterocycles. The molecule has 1 aromatic rings. The second kappa shape index (κ2) is 9.29. The van der Waals surface area contributed by atoms with E-state index in [1.54, 1.807) is 6.92 Å². The molecule has 2 unspecified atom stereocenters. The van der Waals surface area contributed by atoms with Crippen LogP contribution in [0.25, 0.3) is 0 Å². The van der Waals surface area contributed by atoms with Crippen LogP contribution < -0.4 is 19.5 Å². The maximum atomic E-state index is 13.2. The van der Waals surface area contributed by atoms with Gasteiger partial charge in [-0.25, -0.2) is 4.79 Å². The number of nitrogens with one attached hydrogen (secondary N) is 1. The fraction of sp³-hybridized carbons (Fsp3) is 0.526. The number of likely N-dealkylation sites (tertiary alicyclic amines) is 1. The number of rotatable bonds is 7. The number of carbonyl (C=O) groups is 3. The number of methoxy groups -OCH3 is 4. The Labute approximate surface area is 163 Å². The monoisotopic (exact) mass is 394 g/mol. The summed E-state index contributed by atoms with van der Waals surface area (Å²) < 4.78 is 20.7. The molecule has 2 amide bonds. The molecule has 154 valence electrons. The zero-order valence-corrected chi connectivity index (χ0v) is 16.7. The highest BCUT2D eigenvalue weighted by Gasteiger charge is 2.41. The number of carbonyl (C=O) groups excluding carboxylic acids is 3. The van der Waals surface area contributed by atoms with Crippen LogP contribution >= 0.6 is 0 Å². The largest absolute Gasteiger partial charge is 0.493 e. The van der Waals surface area contributed by atoms with Gasteiger partial charge in [-0.2, -0.15) is 0 Å². The van der Waals surface area contributed by atoms with E-state index in [1.807, 2.05) is 0 Å². The van der Waals surface area contributed by atoms with Crippen LogP contribution in [0.15, 0.2) is 12.1 Å². The highest BCUT2D eigenvalue weighted by molar-refractivity contribution is 5.98. The summed E-state index contributed by atoms with van der Waals surface area (Å²) in [6.07, 6.45) is 0.606. The van der Waals surface area contributed by atoms with E-state index < -0.39 is 17.9 Å². The summed E-state index contributed by atoms with van der Waals surface area (Å²) in [5, 5.41) is 2.83. The number of ether oxygens (including phenoxy) is 4. The lowest BCUT2D eigenvalue weighted by molar-refractivity contribution is -0.145. The lowest BCUT2D eigenvalue weighted by atomic mass is 10.1. The normalized spacial score (nSPS) is 18.4. The molecule has 0 spiro atoms. The molecule has 0 bridgehead atoms. The lowest BCUT2D eigenvalue weighted by Crippen LogP contribution is -2.42. The highest BCUT2D eigenvalue weighted by Crippen LogP contribution is 2.39. The average molecular weight is 394 g/mol. The van der Waals surface area contributed by atoms with E-state index in [0.717, 1.165) is 0 Å². The van der Waals surface area contributed by atoms with E-state index in [9.17, 15) is 14.4 Å². The molecule has 0 saturated carbocycles. The van der Waals surface area contributed by atoms with Crippen molar-refractivity contribution in [3.05, 3.63) is 17.7 Å². The molecule has 2 atom stereocenters. The Balaban J connectivity index is 2.36. The molecule has 1 fully saturated rings. The Hall–Kier alpha value is -2.97.